The number of nitrogen functional groups attached to an aromatic ring is 1. The maximum absolute atomic E-state index is 10.5. The fourth-order valence-electron chi connectivity index (χ4n) is 8.34. The number of thiophene rings is 1. The minimum Gasteiger partial charge on any atom is -0.463 e. The summed E-state index contributed by atoms with van der Waals surface area (Å²) < 4.78 is 12.0. The normalized spacial score (nSPS) is 28.3. The largest absolute Gasteiger partial charge is 0.463 e. The van der Waals surface area contributed by atoms with E-state index in [0.29, 0.717) is 71.5 Å². The number of nitrogens with one attached hydrogen (secondary N) is 1. The van der Waals surface area contributed by atoms with Gasteiger partial charge in [0, 0.05) is 73.6 Å². The average Bonchev–Trinajstić information content (AvgIpc) is 3.43. The number of hydrogen-bond acceptors (Lipinski definition) is 12. The third kappa shape index (κ3) is 4.62. The zero-order valence-electron chi connectivity index (χ0n) is 24.8. The van der Waals surface area contributed by atoms with Crippen molar-refractivity contribution in [2.75, 3.05) is 81.2 Å². The second kappa shape index (κ2) is 10.2. The number of morpholine rings is 1. The van der Waals surface area contributed by atoms with Gasteiger partial charge < -0.3 is 30.3 Å². The molecule has 2 bridgehead atoms. The fraction of sp³-hybridized carbons (Fsp3) is 0.677. The van der Waals surface area contributed by atoms with Crippen LogP contribution >= 0.6 is 11.3 Å². The van der Waals surface area contributed by atoms with Gasteiger partial charge in [0.15, 0.2) is 11.6 Å². The summed E-state index contributed by atoms with van der Waals surface area (Å²) in [5.41, 5.74) is 8.56. The van der Waals surface area contributed by atoms with Gasteiger partial charge in [-0.1, -0.05) is 6.92 Å². The zero-order chi connectivity index (χ0) is 29.3. The van der Waals surface area contributed by atoms with Crippen molar-refractivity contribution in [3.8, 4) is 18.1 Å². The highest BCUT2D eigenvalue weighted by atomic mass is 32.1. The first kappa shape index (κ1) is 27.4. The Morgan fingerprint density at radius 3 is 2.37 bits per heavy atom. The third-order valence-corrected chi connectivity index (χ3v) is 11.9. The number of piperazine rings is 1. The number of aromatic nitrogens is 2. The van der Waals surface area contributed by atoms with E-state index in [0.717, 1.165) is 83.6 Å². The summed E-state index contributed by atoms with van der Waals surface area (Å²) in [6.07, 6.45) is 5.56. The highest BCUT2D eigenvalue weighted by Gasteiger charge is 2.54. The van der Waals surface area contributed by atoms with Gasteiger partial charge in [-0.3, -0.25) is 4.90 Å². The van der Waals surface area contributed by atoms with Crippen molar-refractivity contribution >= 4 is 28.0 Å². The molecule has 1 unspecified atom stereocenters. The molecule has 43 heavy (non-hydrogen) atoms. The van der Waals surface area contributed by atoms with Crippen molar-refractivity contribution in [1.82, 2.24) is 20.2 Å². The molecule has 2 aromatic rings. The molecule has 1 saturated carbocycles. The van der Waals surface area contributed by atoms with E-state index in [2.05, 4.69) is 39.1 Å². The Hall–Kier alpha value is -3.16. The number of nitrogens with zero attached hydrogens (tertiary/aromatic N) is 7. The van der Waals surface area contributed by atoms with Crippen molar-refractivity contribution in [2.24, 2.45) is 5.41 Å². The predicted octanol–water partition coefficient (Wildman–Crippen LogP) is 2.56. The van der Waals surface area contributed by atoms with Gasteiger partial charge in [0.2, 0.25) is 0 Å². The van der Waals surface area contributed by atoms with E-state index in [4.69, 9.17) is 25.2 Å². The van der Waals surface area contributed by atoms with E-state index >= 15 is 0 Å². The van der Waals surface area contributed by atoms with Gasteiger partial charge in [-0.25, -0.2) is 0 Å². The number of fused-ring (bicyclic) bond motifs is 4. The summed E-state index contributed by atoms with van der Waals surface area (Å²) in [5, 5.41) is 24.8. The van der Waals surface area contributed by atoms with Gasteiger partial charge >= 0.3 is 6.01 Å². The molecule has 8 rings (SSSR count). The second-order valence-electron chi connectivity index (χ2n) is 13.8. The monoisotopic (exact) mass is 601 g/mol. The Kier molecular flexibility index (Phi) is 6.50. The van der Waals surface area contributed by atoms with E-state index in [9.17, 15) is 10.5 Å². The molecule has 3 N–H and O–H groups in total. The molecule has 6 heterocycles. The molecule has 226 valence electrons. The van der Waals surface area contributed by atoms with Crippen LogP contribution in [0.5, 0.6) is 6.01 Å². The molecule has 11 nitrogen and oxygen atoms in total. The summed E-state index contributed by atoms with van der Waals surface area (Å²) >= 11 is 1.57. The highest BCUT2D eigenvalue weighted by molar-refractivity contribution is 7.16. The molecule has 6 aliphatic rings. The molecule has 2 aliphatic carbocycles. The lowest BCUT2D eigenvalue weighted by molar-refractivity contribution is 0.0231. The van der Waals surface area contributed by atoms with Crippen LogP contribution in [0.3, 0.4) is 0 Å². The van der Waals surface area contributed by atoms with Crippen molar-refractivity contribution in [1.29, 1.82) is 10.5 Å². The van der Waals surface area contributed by atoms with Crippen LogP contribution in [0.15, 0.2) is 0 Å². The summed E-state index contributed by atoms with van der Waals surface area (Å²) in [6.45, 7) is 10.4. The van der Waals surface area contributed by atoms with Crippen LogP contribution < -0.4 is 25.6 Å². The first-order valence-corrected chi connectivity index (χ1v) is 16.5. The molecule has 4 saturated heterocycles. The van der Waals surface area contributed by atoms with Gasteiger partial charge in [0.1, 0.15) is 22.7 Å². The number of nitriles is 2. The first-order valence-electron chi connectivity index (χ1n) is 15.7. The smallest absolute Gasteiger partial charge is 0.320 e. The number of nitrogens with two attached hydrogens (primary N) is 1. The van der Waals surface area contributed by atoms with Crippen LogP contribution in [0, 0.1) is 28.1 Å². The maximum Gasteiger partial charge on any atom is 0.320 e. The zero-order valence-corrected chi connectivity index (χ0v) is 25.6. The van der Waals surface area contributed by atoms with Crippen LogP contribution in [0.4, 0.5) is 16.6 Å². The molecular formula is C31H39N9O2S. The molecular weight excluding hydrogens is 562 g/mol. The van der Waals surface area contributed by atoms with Gasteiger partial charge in [-0.2, -0.15) is 20.5 Å². The van der Waals surface area contributed by atoms with Crippen molar-refractivity contribution in [3.63, 3.8) is 0 Å². The van der Waals surface area contributed by atoms with Crippen molar-refractivity contribution < 1.29 is 9.47 Å². The fourth-order valence-corrected chi connectivity index (χ4v) is 9.53. The quantitative estimate of drug-likeness (QED) is 0.484. The molecule has 4 aliphatic heterocycles. The first-order chi connectivity index (χ1) is 20.9. The van der Waals surface area contributed by atoms with E-state index in [1.54, 1.807) is 11.3 Å². The summed E-state index contributed by atoms with van der Waals surface area (Å²) in [7, 11) is 0. The van der Waals surface area contributed by atoms with Crippen molar-refractivity contribution in [2.45, 2.75) is 62.4 Å². The van der Waals surface area contributed by atoms with Gasteiger partial charge in [-0.15, -0.1) is 11.3 Å². The molecule has 0 radical (unpaired) electrons. The van der Waals surface area contributed by atoms with Crippen LogP contribution in [0.1, 0.15) is 66.5 Å². The molecule has 5 fully saturated rings. The summed E-state index contributed by atoms with van der Waals surface area (Å²) in [4.78, 5) is 18.1. The van der Waals surface area contributed by atoms with Crippen molar-refractivity contribution in [3.05, 3.63) is 21.6 Å². The van der Waals surface area contributed by atoms with E-state index in [-0.39, 0.29) is 10.8 Å². The molecule has 0 aromatic carbocycles. The van der Waals surface area contributed by atoms with Gasteiger partial charge in [0.05, 0.1) is 25.4 Å². The Balaban J connectivity index is 1.09. The van der Waals surface area contributed by atoms with Gasteiger partial charge in [-0.05, 0) is 43.6 Å². The Morgan fingerprint density at radius 2 is 1.72 bits per heavy atom. The minimum atomic E-state index is -0.142. The second-order valence-corrected chi connectivity index (χ2v) is 14.9. The topological polar surface area (TPSA) is 140 Å². The van der Waals surface area contributed by atoms with Gasteiger partial charge in [0.25, 0.3) is 0 Å². The van der Waals surface area contributed by atoms with E-state index < -0.39 is 0 Å². The summed E-state index contributed by atoms with van der Waals surface area (Å²) in [6, 6.07) is 6.06. The lowest BCUT2D eigenvalue weighted by atomic mass is 9.73. The highest BCUT2D eigenvalue weighted by Crippen LogP contribution is 2.57. The number of anilines is 3. The van der Waals surface area contributed by atoms with E-state index in [1.165, 1.54) is 4.88 Å². The Labute approximate surface area is 256 Å². The standard InChI is InChI=1S/C31H39N9O2S/c1-19-10-31(24-22(11-32)26(34)43-25(19)24)16-40(17-31)28-23(12-33)27(39-13-20-2-3-21(14-39)35-20)36-29(37-28)42-18-30(4-5-30)15-38-6-8-41-9-7-38/h19-21,35H,2-10,13-18,34H2,1H3/t19?,20-,21+. The van der Waals surface area contributed by atoms with Crippen LogP contribution in [-0.4, -0.2) is 92.6 Å². The number of hydrogen-bond donors (Lipinski definition) is 2. The summed E-state index contributed by atoms with van der Waals surface area (Å²) in [5.74, 6) is 1.71. The predicted molar refractivity (Wildman–Crippen MR) is 164 cm³/mol. The lowest BCUT2D eigenvalue weighted by Gasteiger charge is -2.50. The average molecular weight is 602 g/mol. The minimum absolute atomic E-state index is 0.132. The maximum atomic E-state index is 10.5. The molecule has 12 heteroatoms. The number of rotatable bonds is 7. The van der Waals surface area contributed by atoms with E-state index in [1.807, 2.05) is 0 Å². The molecule has 3 atom stereocenters. The van der Waals surface area contributed by atoms with Crippen LogP contribution in [-0.2, 0) is 10.2 Å². The van der Waals surface area contributed by atoms with Crippen LogP contribution in [0.2, 0.25) is 0 Å². The lowest BCUT2D eigenvalue weighted by Crippen LogP contribution is -2.59. The SMILES string of the molecule is CC1CC2(CN(c3nc(OCC4(CN5CCOCC5)CC4)nc(N4C[C@H]5CC[C@@H](C4)N5)c3C#N)C2)c2c1sc(N)c2C#N. The number of ether oxygens (including phenoxy) is 2. The molecule has 2 aromatic heterocycles. The molecule has 0 amide bonds. The Morgan fingerprint density at radius 1 is 1.05 bits per heavy atom. The molecule has 1 spiro atoms. The third-order valence-electron chi connectivity index (χ3n) is 10.6. The Bertz CT molecular complexity index is 1500. The van der Waals surface area contributed by atoms with Crippen LogP contribution in [0.25, 0.3) is 0 Å².